The Hall–Kier alpha value is -2.50. The molecule has 2 saturated heterocycles. The molecule has 2 fully saturated rings. The van der Waals surface area contributed by atoms with Crippen molar-refractivity contribution < 1.29 is 14.3 Å². The highest BCUT2D eigenvalue weighted by Gasteiger charge is 2.69. The maximum absolute atomic E-state index is 10.2. The molecule has 0 aromatic rings. The van der Waals surface area contributed by atoms with Crippen LogP contribution in [0.3, 0.4) is 0 Å². The molecule has 0 aromatic carbocycles. The largest absolute Gasteiger partial charge is 0.408 e. The zero-order valence-electron chi connectivity index (χ0n) is 34.0. The fourth-order valence-electron chi connectivity index (χ4n) is 8.71. The normalized spacial score (nSPS) is 29.8. The van der Waals surface area contributed by atoms with Gasteiger partial charge in [-0.15, -0.1) is 0 Å². The first-order valence-corrected chi connectivity index (χ1v) is 21.8. The van der Waals surface area contributed by atoms with Crippen molar-refractivity contribution in [3.8, 4) is 0 Å². The maximum atomic E-state index is 10.2. The van der Waals surface area contributed by atoms with Gasteiger partial charge in [0.05, 0.1) is 17.8 Å². The molecule has 3 nitrogen and oxygen atoms in total. The van der Waals surface area contributed by atoms with Crippen molar-refractivity contribution in [3.05, 3.63) is 119 Å². The third kappa shape index (κ3) is 10.1. The molecule has 2 aliphatic heterocycles. The Bertz CT molecular complexity index is 1490. The molecule has 2 bridgehead atoms. The Morgan fingerprint density at radius 1 is 0.740 bits per heavy atom. The minimum atomic E-state index is -1.81. The SMILES string of the molecule is CC[Si](CC)(CC)O[C@]1(C)C[C@@H]2CC(C)(C)[C@@]1(/C=C/C(C)=C/C=C/C(C)=C/C=C/C=C(C)/C=C/C=C(C)/C=C/C1=C(C)C[C@@H](O)CC1(C)C)O2. The lowest BCUT2D eigenvalue weighted by Crippen LogP contribution is -2.62. The van der Waals surface area contributed by atoms with Crippen LogP contribution >= 0.6 is 0 Å². The van der Waals surface area contributed by atoms with Gasteiger partial charge in [-0.05, 0) is 96.0 Å². The number of hydrogen-bond acceptors (Lipinski definition) is 3. The Kier molecular flexibility index (Phi) is 14.5. The smallest absolute Gasteiger partial charge is 0.192 e. The van der Waals surface area contributed by atoms with Gasteiger partial charge in [0.15, 0.2) is 8.32 Å². The summed E-state index contributed by atoms with van der Waals surface area (Å²) in [5.74, 6) is 0. The molecule has 0 aromatic heterocycles. The standard InChI is InChI=1S/C46H70O3Si/c1-14-50(15-2,16-3)49-45(13)34-41-33-44(11,12)46(45,48-41)30-29-38(7)26-20-24-36(5)22-18-17-21-35(4)23-19-25-37(6)27-28-42-39(8)31-40(47)32-43(42,9)10/h17-30,40-41,47H,14-16,31-34H2,1-13H3/b18-17+,23-19+,24-20+,28-27+,30-29+,35-21+,36-22+,37-25+,38-26+/t40-,41+,45-,46-/m1/s1. The fourth-order valence-corrected chi connectivity index (χ4v) is 11.8. The number of rotatable bonds is 15. The van der Waals surface area contributed by atoms with Gasteiger partial charge in [-0.25, -0.2) is 0 Å². The lowest BCUT2D eigenvalue weighted by atomic mass is 9.61. The Balaban J connectivity index is 1.60. The molecule has 4 atom stereocenters. The summed E-state index contributed by atoms with van der Waals surface area (Å²) in [5.41, 5.74) is 6.75. The van der Waals surface area contributed by atoms with Crippen LogP contribution in [-0.2, 0) is 9.16 Å². The van der Waals surface area contributed by atoms with Gasteiger partial charge in [0.25, 0.3) is 0 Å². The van der Waals surface area contributed by atoms with Crippen LogP contribution in [-0.4, -0.2) is 36.8 Å². The van der Waals surface area contributed by atoms with Crippen LogP contribution in [0.15, 0.2) is 119 Å². The average Bonchev–Trinajstić information content (AvgIpc) is 3.45. The van der Waals surface area contributed by atoms with Crippen LogP contribution in [0.25, 0.3) is 0 Å². The third-order valence-electron chi connectivity index (χ3n) is 11.7. The minimum absolute atomic E-state index is 0.00239. The fraction of sp³-hybridized carbons (Fsp3) is 0.565. The predicted molar refractivity (Wildman–Crippen MR) is 220 cm³/mol. The zero-order chi connectivity index (χ0) is 37.4. The van der Waals surface area contributed by atoms with E-state index in [2.05, 4.69) is 175 Å². The van der Waals surface area contributed by atoms with Gasteiger partial charge < -0.3 is 14.3 Å². The van der Waals surface area contributed by atoms with Gasteiger partial charge >= 0.3 is 0 Å². The molecule has 50 heavy (non-hydrogen) atoms. The Morgan fingerprint density at radius 3 is 1.74 bits per heavy atom. The molecule has 1 N–H and O–H groups in total. The molecule has 1 aliphatic carbocycles. The van der Waals surface area contributed by atoms with Crippen molar-refractivity contribution in [2.75, 3.05) is 0 Å². The molecular formula is C46H70O3Si. The summed E-state index contributed by atoms with van der Waals surface area (Å²) in [5, 5.41) is 10.2. The van der Waals surface area contributed by atoms with Gasteiger partial charge in [-0.2, -0.15) is 0 Å². The molecule has 0 unspecified atom stereocenters. The lowest BCUT2D eigenvalue weighted by molar-refractivity contribution is -0.106. The van der Waals surface area contributed by atoms with Gasteiger partial charge in [0.1, 0.15) is 5.60 Å². The first kappa shape index (κ1) is 41.9. The molecule has 0 saturated carbocycles. The van der Waals surface area contributed by atoms with E-state index in [9.17, 15) is 5.11 Å². The zero-order valence-corrected chi connectivity index (χ0v) is 35.0. The molecule has 0 radical (unpaired) electrons. The number of aliphatic hydroxyl groups is 1. The molecule has 4 heteroatoms. The van der Waals surface area contributed by atoms with E-state index in [1.165, 1.54) is 33.4 Å². The van der Waals surface area contributed by atoms with Crippen LogP contribution in [0.5, 0.6) is 0 Å². The Labute approximate surface area is 308 Å². The highest BCUT2D eigenvalue weighted by molar-refractivity contribution is 6.73. The molecular weight excluding hydrogens is 629 g/mol. The first-order valence-electron chi connectivity index (χ1n) is 19.2. The van der Waals surface area contributed by atoms with Crippen LogP contribution in [0.2, 0.25) is 18.1 Å². The van der Waals surface area contributed by atoms with Crippen LogP contribution in [0.1, 0.15) is 116 Å². The number of fused-ring (bicyclic) bond motifs is 2. The summed E-state index contributed by atoms with van der Waals surface area (Å²) < 4.78 is 14.1. The van der Waals surface area contributed by atoms with Gasteiger partial charge in [0, 0.05) is 11.8 Å². The molecule has 276 valence electrons. The minimum Gasteiger partial charge on any atom is -0.408 e. The van der Waals surface area contributed by atoms with Crippen molar-refractivity contribution in [2.24, 2.45) is 10.8 Å². The van der Waals surface area contributed by atoms with E-state index >= 15 is 0 Å². The number of aliphatic hydroxyl groups excluding tert-OH is 1. The van der Waals surface area contributed by atoms with Crippen molar-refractivity contribution in [3.63, 3.8) is 0 Å². The van der Waals surface area contributed by atoms with E-state index < -0.39 is 13.9 Å². The third-order valence-corrected chi connectivity index (χ3v) is 16.5. The average molecular weight is 699 g/mol. The number of allylic oxidation sites excluding steroid dienone is 18. The summed E-state index contributed by atoms with van der Waals surface area (Å²) >= 11 is 0. The van der Waals surface area contributed by atoms with Gasteiger partial charge in [-0.3, -0.25) is 0 Å². The summed E-state index contributed by atoms with van der Waals surface area (Å²) in [4.78, 5) is 0. The monoisotopic (exact) mass is 699 g/mol. The maximum Gasteiger partial charge on any atom is 0.192 e. The Morgan fingerprint density at radius 2 is 1.24 bits per heavy atom. The van der Waals surface area contributed by atoms with Crippen molar-refractivity contribution in [2.45, 2.75) is 157 Å². The predicted octanol–water partition coefficient (Wildman–Crippen LogP) is 12.8. The molecule has 3 aliphatic rings. The number of ether oxygens (including phenoxy) is 1. The van der Waals surface area contributed by atoms with Crippen molar-refractivity contribution in [1.82, 2.24) is 0 Å². The van der Waals surface area contributed by atoms with Crippen molar-refractivity contribution >= 4 is 8.32 Å². The molecule has 0 spiro atoms. The highest BCUT2D eigenvalue weighted by atomic mass is 28.4. The van der Waals surface area contributed by atoms with E-state index in [0.717, 1.165) is 43.8 Å². The quantitative estimate of drug-likeness (QED) is 0.137. The summed E-state index contributed by atoms with van der Waals surface area (Å²) in [6.07, 6.45) is 34.0. The van der Waals surface area contributed by atoms with Crippen LogP contribution < -0.4 is 0 Å². The van der Waals surface area contributed by atoms with Crippen molar-refractivity contribution in [1.29, 1.82) is 0 Å². The molecule has 3 rings (SSSR count). The highest BCUT2D eigenvalue weighted by Crippen LogP contribution is 2.63. The summed E-state index contributed by atoms with van der Waals surface area (Å²) in [6, 6.07) is 3.46. The van der Waals surface area contributed by atoms with Crippen LogP contribution in [0, 0.1) is 10.8 Å². The molecule has 2 heterocycles. The second-order valence-corrected chi connectivity index (χ2v) is 21.6. The lowest BCUT2D eigenvalue weighted by Gasteiger charge is -2.52. The second-order valence-electron chi connectivity index (χ2n) is 16.9. The van der Waals surface area contributed by atoms with E-state index in [0.29, 0.717) is 0 Å². The van der Waals surface area contributed by atoms with E-state index in [1.807, 2.05) is 0 Å². The first-order chi connectivity index (χ1) is 23.4. The number of hydrogen-bond donors (Lipinski definition) is 1. The van der Waals surface area contributed by atoms with Gasteiger partial charge in [-0.1, -0.05) is 155 Å². The van der Waals surface area contributed by atoms with E-state index in [4.69, 9.17) is 9.16 Å². The van der Waals surface area contributed by atoms with E-state index in [1.54, 1.807) is 0 Å². The summed E-state index contributed by atoms with van der Waals surface area (Å²) in [7, 11) is -1.81. The van der Waals surface area contributed by atoms with E-state index in [-0.39, 0.29) is 28.6 Å². The second kappa shape index (κ2) is 17.3. The van der Waals surface area contributed by atoms with Crippen LogP contribution in [0.4, 0.5) is 0 Å². The molecule has 0 amide bonds. The topological polar surface area (TPSA) is 38.7 Å². The summed E-state index contributed by atoms with van der Waals surface area (Å²) in [6.45, 7) is 29.2. The van der Waals surface area contributed by atoms with Gasteiger partial charge in [0.2, 0.25) is 0 Å².